The summed E-state index contributed by atoms with van der Waals surface area (Å²) in [6.07, 6.45) is 4.86. The van der Waals surface area contributed by atoms with Gasteiger partial charge in [-0.05, 0) is 23.5 Å². The van der Waals surface area contributed by atoms with E-state index >= 15 is 0 Å². The summed E-state index contributed by atoms with van der Waals surface area (Å²) >= 11 is 0. The van der Waals surface area contributed by atoms with E-state index in [4.69, 9.17) is 16.5 Å². The Bertz CT molecular complexity index is 384. The van der Waals surface area contributed by atoms with Crippen LogP contribution in [-0.2, 0) is 4.79 Å². The molecule has 0 fully saturated rings. The number of amides is 1. The molecule has 0 aliphatic carbocycles. The minimum atomic E-state index is -1.56. The minimum Gasteiger partial charge on any atom is -0.423 e. The van der Waals surface area contributed by atoms with Gasteiger partial charge in [0.15, 0.2) is 0 Å². The van der Waals surface area contributed by atoms with Crippen LogP contribution >= 0.6 is 0 Å². The molecule has 0 heterocycles. The molecule has 0 unspecified atom stereocenters. The molecule has 0 saturated heterocycles. The normalized spacial score (nSPS) is 8.93. The van der Waals surface area contributed by atoms with Crippen LogP contribution < -0.4 is 10.8 Å². The summed E-state index contributed by atoms with van der Waals surface area (Å²) in [7, 11) is -1.56. The Kier molecular flexibility index (Phi) is 3.29. The van der Waals surface area contributed by atoms with Gasteiger partial charge in [0.05, 0.1) is 0 Å². The highest BCUT2D eigenvalue weighted by molar-refractivity contribution is 6.58. The third kappa shape index (κ3) is 2.63. The van der Waals surface area contributed by atoms with Crippen LogP contribution in [0.25, 0.3) is 0 Å². The second-order valence-corrected chi connectivity index (χ2v) is 2.60. The predicted molar refractivity (Wildman–Crippen MR) is 53.7 cm³/mol. The Balaban J connectivity index is 2.85. The highest BCUT2D eigenvalue weighted by Gasteiger charge is 2.10. The molecule has 1 aromatic carbocycles. The quantitative estimate of drug-likeness (QED) is 0.410. The molecule has 0 aliphatic heterocycles. The average Bonchev–Trinajstić information content (AvgIpc) is 2.18. The molecule has 1 rings (SSSR count). The van der Waals surface area contributed by atoms with Crippen LogP contribution in [0.3, 0.4) is 0 Å². The van der Waals surface area contributed by atoms with Gasteiger partial charge in [-0.25, -0.2) is 0 Å². The number of terminal acetylenes is 1. The van der Waals surface area contributed by atoms with E-state index in [0.29, 0.717) is 11.2 Å². The van der Waals surface area contributed by atoms with Crippen LogP contribution in [0, 0.1) is 12.3 Å². The van der Waals surface area contributed by atoms with Crippen molar-refractivity contribution < 1.29 is 14.8 Å². The van der Waals surface area contributed by atoms with Gasteiger partial charge in [-0.3, -0.25) is 4.79 Å². The summed E-state index contributed by atoms with van der Waals surface area (Å²) in [5.74, 6) is 1.31. The van der Waals surface area contributed by atoms with Crippen molar-refractivity contribution >= 4 is 24.2 Å². The Morgan fingerprint density at radius 3 is 2.79 bits per heavy atom. The highest BCUT2D eigenvalue weighted by atomic mass is 16.4. The Morgan fingerprint density at radius 1 is 1.50 bits per heavy atom. The van der Waals surface area contributed by atoms with Crippen LogP contribution in [0.15, 0.2) is 24.3 Å². The molecule has 0 aliphatic rings. The SMILES string of the molecule is C#CC(=O)Nc1cccc(B(O)O)c1. The van der Waals surface area contributed by atoms with Gasteiger partial charge >= 0.3 is 7.12 Å². The van der Waals surface area contributed by atoms with Crippen LogP contribution in [-0.4, -0.2) is 23.1 Å². The number of carbonyl (C=O) groups is 1. The first-order chi connectivity index (χ1) is 6.63. The van der Waals surface area contributed by atoms with Crippen molar-refractivity contribution in [3.63, 3.8) is 0 Å². The fourth-order valence-electron chi connectivity index (χ4n) is 0.944. The van der Waals surface area contributed by atoms with Crippen molar-refractivity contribution in [2.45, 2.75) is 0 Å². The van der Waals surface area contributed by atoms with E-state index in [9.17, 15) is 4.79 Å². The zero-order valence-corrected chi connectivity index (χ0v) is 7.27. The number of hydrogen-bond acceptors (Lipinski definition) is 3. The maximum absolute atomic E-state index is 10.8. The van der Waals surface area contributed by atoms with E-state index < -0.39 is 13.0 Å². The summed E-state index contributed by atoms with van der Waals surface area (Å²) in [6.45, 7) is 0. The smallest absolute Gasteiger partial charge is 0.423 e. The maximum Gasteiger partial charge on any atom is 0.488 e. The van der Waals surface area contributed by atoms with E-state index in [-0.39, 0.29) is 0 Å². The van der Waals surface area contributed by atoms with Gasteiger partial charge < -0.3 is 15.4 Å². The van der Waals surface area contributed by atoms with Crippen LogP contribution in [0.1, 0.15) is 0 Å². The molecule has 70 valence electrons. The average molecular weight is 189 g/mol. The number of nitrogens with one attached hydrogen (secondary N) is 1. The van der Waals surface area contributed by atoms with Gasteiger partial charge in [-0.2, -0.15) is 0 Å². The zero-order chi connectivity index (χ0) is 10.6. The molecule has 14 heavy (non-hydrogen) atoms. The first-order valence-electron chi connectivity index (χ1n) is 3.87. The summed E-state index contributed by atoms with van der Waals surface area (Å²) in [6, 6.07) is 6.14. The maximum atomic E-state index is 10.8. The number of rotatable bonds is 2. The molecule has 1 amide bonds. The number of carbonyl (C=O) groups excluding carboxylic acids is 1. The number of anilines is 1. The van der Waals surface area contributed by atoms with E-state index in [1.807, 2.05) is 5.92 Å². The number of benzene rings is 1. The molecule has 0 atom stereocenters. The molecule has 3 N–H and O–H groups in total. The monoisotopic (exact) mass is 189 g/mol. The van der Waals surface area contributed by atoms with Crippen molar-refractivity contribution in [2.75, 3.05) is 5.32 Å². The van der Waals surface area contributed by atoms with Crippen LogP contribution in [0.5, 0.6) is 0 Å². The summed E-state index contributed by atoms with van der Waals surface area (Å²) in [4.78, 5) is 10.8. The Labute approximate surface area is 81.7 Å². The molecule has 0 radical (unpaired) electrons. The lowest BCUT2D eigenvalue weighted by atomic mass is 9.80. The van der Waals surface area contributed by atoms with Crippen LogP contribution in [0.2, 0.25) is 0 Å². The van der Waals surface area contributed by atoms with Crippen molar-refractivity contribution in [1.29, 1.82) is 0 Å². The van der Waals surface area contributed by atoms with E-state index in [1.165, 1.54) is 12.1 Å². The molecule has 0 aromatic heterocycles. The molecule has 1 aromatic rings. The summed E-state index contributed by atoms with van der Waals surface area (Å²) in [5, 5.41) is 20.1. The van der Waals surface area contributed by atoms with Crippen molar-refractivity contribution in [2.24, 2.45) is 0 Å². The van der Waals surface area contributed by atoms with Crippen LogP contribution in [0.4, 0.5) is 5.69 Å². The lowest BCUT2D eigenvalue weighted by Gasteiger charge is -2.03. The van der Waals surface area contributed by atoms with Crippen molar-refractivity contribution in [3.05, 3.63) is 24.3 Å². The predicted octanol–water partition coefficient (Wildman–Crippen LogP) is -1.06. The molecule has 5 heteroatoms. The fourth-order valence-corrected chi connectivity index (χ4v) is 0.944. The first kappa shape index (κ1) is 10.3. The standard InChI is InChI=1S/C9H8BNO3/c1-2-9(12)11-8-5-3-4-7(6-8)10(13)14/h1,3-6,13-14H,(H,11,12). The third-order valence-electron chi connectivity index (χ3n) is 1.57. The van der Waals surface area contributed by atoms with Gasteiger partial charge in [0, 0.05) is 5.69 Å². The topological polar surface area (TPSA) is 69.6 Å². The van der Waals surface area contributed by atoms with Gasteiger partial charge in [-0.15, -0.1) is 6.42 Å². The fraction of sp³-hybridized carbons (Fsp3) is 0. The lowest BCUT2D eigenvalue weighted by molar-refractivity contribution is -0.111. The zero-order valence-electron chi connectivity index (χ0n) is 7.27. The molecular weight excluding hydrogens is 181 g/mol. The summed E-state index contributed by atoms with van der Waals surface area (Å²) in [5.41, 5.74) is 0.721. The van der Waals surface area contributed by atoms with E-state index in [0.717, 1.165) is 0 Å². The van der Waals surface area contributed by atoms with Gasteiger partial charge in [-0.1, -0.05) is 12.1 Å². The second-order valence-electron chi connectivity index (χ2n) is 2.60. The van der Waals surface area contributed by atoms with Crippen molar-refractivity contribution in [3.8, 4) is 12.3 Å². The van der Waals surface area contributed by atoms with E-state index in [1.54, 1.807) is 12.1 Å². The molecule has 4 nitrogen and oxygen atoms in total. The molecule has 0 saturated carbocycles. The first-order valence-corrected chi connectivity index (χ1v) is 3.87. The van der Waals surface area contributed by atoms with Gasteiger partial charge in [0.1, 0.15) is 0 Å². The largest absolute Gasteiger partial charge is 0.488 e. The second kappa shape index (κ2) is 4.47. The molecule has 0 bridgehead atoms. The highest BCUT2D eigenvalue weighted by Crippen LogP contribution is 2.03. The van der Waals surface area contributed by atoms with Gasteiger partial charge in [0.25, 0.3) is 5.91 Å². The van der Waals surface area contributed by atoms with Crippen molar-refractivity contribution in [1.82, 2.24) is 0 Å². The van der Waals surface area contributed by atoms with E-state index in [2.05, 4.69) is 5.32 Å². The minimum absolute atomic E-state index is 0.292. The Hall–Kier alpha value is -1.77. The third-order valence-corrected chi connectivity index (χ3v) is 1.57. The summed E-state index contributed by atoms with van der Waals surface area (Å²) < 4.78 is 0. The van der Waals surface area contributed by atoms with Gasteiger partial charge in [0.2, 0.25) is 0 Å². The number of hydrogen-bond donors (Lipinski definition) is 3. The molecular formula is C9H8BNO3. The lowest BCUT2D eigenvalue weighted by Crippen LogP contribution is -2.29. The Morgan fingerprint density at radius 2 is 2.21 bits per heavy atom. The molecule has 0 spiro atoms.